The van der Waals surface area contributed by atoms with Crippen molar-refractivity contribution in [1.29, 1.82) is 0 Å². The molecule has 0 aliphatic heterocycles. The van der Waals surface area contributed by atoms with Gasteiger partial charge in [-0.05, 0) is 29.8 Å². The fraction of sp³-hybridized carbons (Fsp3) is 0.0714. The molecule has 5 heteroatoms. The number of nitrogens with one attached hydrogen (secondary N) is 1. The van der Waals surface area contributed by atoms with E-state index < -0.39 is 0 Å². The predicted molar refractivity (Wildman–Crippen MR) is 82.3 cm³/mol. The second-order valence-corrected chi connectivity index (χ2v) is 5.37. The summed E-state index contributed by atoms with van der Waals surface area (Å²) in [5.41, 5.74) is 7.80. The first-order valence-corrected chi connectivity index (χ1v) is 6.81. The Morgan fingerprint density at radius 3 is 2.68 bits per heavy atom. The molecule has 0 saturated carbocycles. The van der Waals surface area contributed by atoms with Gasteiger partial charge in [0.2, 0.25) is 5.91 Å². The second kappa shape index (κ2) is 6.08. The lowest BCUT2D eigenvalue weighted by Gasteiger charge is -2.08. The average molecular weight is 340 g/mol. The van der Waals surface area contributed by atoms with Crippen molar-refractivity contribution in [3.63, 3.8) is 0 Å². The van der Waals surface area contributed by atoms with Crippen LogP contribution in [0, 0.1) is 0 Å². The zero-order valence-electron chi connectivity index (χ0n) is 9.99. The Bertz CT molecular complexity index is 616. The third-order valence-electron chi connectivity index (χ3n) is 2.61. The molecule has 0 spiro atoms. The van der Waals surface area contributed by atoms with Crippen molar-refractivity contribution in [2.24, 2.45) is 0 Å². The van der Waals surface area contributed by atoms with Crippen LogP contribution in [0.1, 0.15) is 5.56 Å². The number of carbonyl (C=O) groups excluding carboxylic acids is 1. The number of halogens is 2. The lowest BCUT2D eigenvalue weighted by molar-refractivity contribution is -0.115. The average Bonchev–Trinajstić information content (AvgIpc) is 2.36. The largest absolute Gasteiger partial charge is 0.398 e. The van der Waals surface area contributed by atoms with E-state index in [1.807, 2.05) is 24.3 Å². The minimum Gasteiger partial charge on any atom is -0.398 e. The van der Waals surface area contributed by atoms with Crippen molar-refractivity contribution >= 4 is 44.8 Å². The molecule has 0 heterocycles. The van der Waals surface area contributed by atoms with E-state index >= 15 is 0 Å². The summed E-state index contributed by atoms with van der Waals surface area (Å²) in [5, 5.41) is 3.26. The number of nitrogens with two attached hydrogens (primary N) is 1. The third kappa shape index (κ3) is 3.72. The molecule has 0 fully saturated rings. The van der Waals surface area contributed by atoms with E-state index in [9.17, 15) is 4.79 Å². The first-order chi connectivity index (χ1) is 9.06. The molecule has 0 aromatic heterocycles. The molecule has 2 rings (SSSR count). The van der Waals surface area contributed by atoms with Crippen LogP contribution in [0.15, 0.2) is 46.9 Å². The number of nitrogen functional groups attached to an aromatic ring is 1. The van der Waals surface area contributed by atoms with Crippen LogP contribution < -0.4 is 11.1 Å². The first-order valence-electron chi connectivity index (χ1n) is 5.64. The predicted octanol–water partition coefficient (Wildman–Crippen LogP) is 3.87. The van der Waals surface area contributed by atoms with Gasteiger partial charge in [0.1, 0.15) is 0 Å². The van der Waals surface area contributed by atoms with E-state index in [-0.39, 0.29) is 12.3 Å². The van der Waals surface area contributed by atoms with E-state index in [1.165, 1.54) is 0 Å². The Hall–Kier alpha value is -1.52. The van der Waals surface area contributed by atoms with Gasteiger partial charge in [0.15, 0.2) is 0 Å². The fourth-order valence-corrected chi connectivity index (χ4v) is 2.37. The number of hydrogen-bond donors (Lipinski definition) is 2. The van der Waals surface area contributed by atoms with Gasteiger partial charge >= 0.3 is 0 Å². The summed E-state index contributed by atoms with van der Waals surface area (Å²) in [5.74, 6) is -0.151. The number of amides is 1. The highest BCUT2D eigenvalue weighted by Gasteiger charge is 2.08. The molecular weight excluding hydrogens is 328 g/mol. The minimum atomic E-state index is -0.151. The van der Waals surface area contributed by atoms with Crippen LogP contribution in [0.3, 0.4) is 0 Å². The molecular formula is C14H12BrClN2O. The molecule has 19 heavy (non-hydrogen) atoms. The molecule has 0 unspecified atom stereocenters. The molecule has 98 valence electrons. The van der Waals surface area contributed by atoms with Gasteiger partial charge in [0.25, 0.3) is 0 Å². The Morgan fingerprint density at radius 2 is 2.00 bits per heavy atom. The highest BCUT2D eigenvalue weighted by Crippen LogP contribution is 2.25. The van der Waals surface area contributed by atoms with Gasteiger partial charge in [0.05, 0.1) is 17.1 Å². The van der Waals surface area contributed by atoms with Crippen LogP contribution in [0.4, 0.5) is 11.4 Å². The number of anilines is 2. The molecule has 0 aliphatic rings. The summed E-state index contributed by atoms with van der Waals surface area (Å²) in [4.78, 5) is 11.9. The Kier molecular flexibility index (Phi) is 4.45. The molecule has 2 aromatic carbocycles. The molecule has 0 atom stereocenters. The number of carbonyl (C=O) groups is 1. The van der Waals surface area contributed by atoms with E-state index in [0.717, 1.165) is 10.0 Å². The van der Waals surface area contributed by atoms with Crippen LogP contribution in [0.2, 0.25) is 5.02 Å². The smallest absolute Gasteiger partial charge is 0.228 e. The molecule has 0 bridgehead atoms. The normalized spacial score (nSPS) is 10.2. The van der Waals surface area contributed by atoms with E-state index in [1.54, 1.807) is 18.2 Å². The van der Waals surface area contributed by atoms with Crippen molar-refractivity contribution in [3.8, 4) is 0 Å². The SMILES string of the molecule is Nc1ccccc1CC(=O)Nc1ccc(Br)cc1Cl. The summed E-state index contributed by atoms with van der Waals surface area (Å²) < 4.78 is 0.864. The van der Waals surface area contributed by atoms with Gasteiger partial charge in [-0.2, -0.15) is 0 Å². The Morgan fingerprint density at radius 1 is 1.26 bits per heavy atom. The number of rotatable bonds is 3. The van der Waals surface area contributed by atoms with Gasteiger partial charge in [-0.3, -0.25) is 4.79 Å². The van der Waals surface area contributed by atoms with E-state index in [0.29, 0.717) is 16.4 Å². The summed E-state index contributed by atoms with van der Waals surface area (Å²) >= 11 is 9.35. The molecule has 0 saturated heterocycles. The summed E-state index contributed by atoms with van der Waals surface area (Å²) in [6, 6.07) is 12.6. The van der Waals surface area contributed by atoms with Crippen LogP contribution in [-0.2, 0) is 11.2 Å². The monoisotopic (exact) mass is 338 g/mol. The summed E-state index contributed by atoms with van der Waals surface area (Å²) in [6.45, 7) is 0. The zero-order chi connectivity index (χ0) is 13.8. The maximum atomic E-state index is 11.9. The topological polar surface area (TPSA) is 55.1 Å². The summed E-state index contributed by atoms with van der Waals surface area (Å²) in [7, 11) is 0. The zero-order valence-corrected chi connectivity index (χ0v) is 12.3. The van der Waals surface area contributed by atoms with Gasteiger partial charge in [-0.25, -0.2) is 0 Å². The number of benzene rings is 2. The third-order valence-corrected chi connectivity index (χ3v) is 3.42. The maximum absolute atomic E-state index is 11.9. The second-order valence-electron chi connectivity index (χ2n) is 4.05. The van der Waals surface area contributed by atoms with Gasteiger partial charge in [-0.15, -0.1) is 0 Å². The minimum absolute atomic E-state index is 0.151. The Labute approximate surface area is 124 Å². The quantitative estimate of drug-likeness (QED) is 0.834. The standard InChI is InChI=1S/C14H12BrClN2O/c15-10-5-6-13(11(16)8-10)18-14(19)7-9-3-1-2-4-12(9)17/h1-6,8H,7,17H2,(H,18,19). The van der Waals surface area contributed by atoms with Crippen molar-refractivity contribution < 1.29 is 4.79 Å². The van der Waals surface area contributed by atoms with Gasteiger partial charge in [0, 0.05) is 10.2 Å². The van der Waals surface area contributed by atoms with Crippen molar-refractivity contribution in [2.75, 3.05) is 11.1 Å². The van der Waals surface area contributed by atoms with E-state index in [4.69, 9.17) is 17.3 Å². The lowest BCUT2D eigenvalue weighted by Crippen LogP contribution is -2.15. The molecule has 3 nitrogen and oxygen atoms in total. The van der Waals surface area contributed by atoms with Crippen molar-refractivity contribution in [1.82, 2.24) is 0 Å². The van der Waals surface area contributed by atoms with Crippen LogP contribution in [0.5, 0.6) is 0 Å². The maximum Gasteiger partial charge on any atom is 0.228 e. The van der Waals surface area contributed by atoms with Gasteiger partial charge < -0.3 is 11.1 Å². The lowest BCUT2D eigenvalue weighted by atomic mass is 10.1. The molecule has 1 amide bonds. The number of para-hydroxylation sites is 1. The number of hydrogen-bond acceptors (Lipinski definition) is 2. The first kappa shape index (κ1) is 13.9. The van der Waals surface area contributed by atoms with Crippen molar-refractivity contribution in [2.45, 2.75) is 6.42 Å². The summed E-state index contributed by atoms with van der Waals surface area (Å²) in [6.07, 6.45) is 0.221. The molecule has 3 N–H and O–H groups in total. The molecule has 0 aliphatic carbocycles. The van der Waals surface area contributed by atoms with Crippen molar-refractivity contribution in [3.05, 3.63) is 57.5 Å². The van der Waals surface area contributed by atoms with Crippen LogP contribution in [0.25, 0.3) is 0 Å². The van der Waals surface area contributed by atoms with Gasteiger partial charge in [-0.1, -0.05) is 45.7 Å². The van der Waals surface area contributed by atoms with E-state index in [2.05, 4.69) is 21.2 Å². The highest BCUT2D eigenvalue weighted by molar-refractivity contribution is 9.10. The molecule has 0 radical (unpaired) electrons. The fourth-order valence-electron chi connectivity index (χ4n) is 1.65. The van der Waals surface area contributed by atoms with Crippen LogP contribution in [-0.4, -0.2) is 5.91 Å². The highest BCUT2D eigenvalue weighted by atomic mass is 79.9. The van der Waals surface area contributed by atoms with Crippen LogP contribution >= 0.6 is 27.5 Å². The molecule has 2 aromatic rings. The Balaban J connectivity index is 2.08.